The molecule has 6 nitrogen and oxygen atoms in total. The third kappa shape index (κ3) is 182. The van der Waals surface area contributed by atoms with Gasteiger partial charge in [-0.2, -0.15) is 0 Å². The second kappa shape index (κ2) is 46.9. The fourth-order valence-electron chi connectivity index (χ4n) is 0. The van der Waals surface area contributed by atoms with Crippen LogP contribution in [0.25, 0.3) is 0 Å². The third-order valence-electron chi connectivity index (χ3n) is 0.300. The summed E-state index contributed by atoms with van der Waals surface area (Å²) in [5.74, 6) is 0. The maximum absolute atomic E-state index is 7.62. The minimum Gasteiger partial charge on any atom is -0.394 e. The van der Waals surface area contributed by atoms with Gasteiger partial charge >= 0.3 is 30.9 Å². The van der Waals surface area contributed by atoms with Gasteiger partial charge in [0.2, 0.25) is 0 Å². The Bertz CT molecular complexity index is 42.9. The molecule has 0 aromatic rings. The molecule has 15 heavy (non-hydrogen) atoms. The Morgan fingerprint density at radius 1 is 0.533 bits per heavy atom. The van der Waals surface area contributed by atoms with E-state index in [9.17, 15) is 0 Å². The van der Waals surface area contributed by atoms with Crippen LogP contribution in [0.1, 0.15) is 0 Å². The molecular weight excluding hydrogens is 320 g/mol. The largest absolute Gasteiger partial charge is 0.394 e. The zero-order chi connectivity index (χ0) is 12.9. The van der Waals surface area contributed by atoms with E-state index in [-0.39, 0.29) is 39.6 Å². The van der Waals surface area contributed by atoms with E-state index in [2.05, 4.69) is 9.94 Å². The van der Waals surface area contributed by atoms with E-state index in [1.165, 1.54) is 0 Å². The van der Waals surface area contributed by atoms with Crippen molar-refractivity contribution < 1.29 is 30.6 Å². The molecule has 0 rings (SSSR count). The molecular formula is C8H24O6Te. The van der Waals surface area contributed by atoms with Crippen molar-refractivity contribution in [3.63, 3.8) is 0 Å². The molecule has 0 aliphatic rings. The van der Waals surface area contributed by atoms with E-state index in [1.807, 2.05) is 0 Å². The molecule has 6 N–H and O–H groups in total. The summed E-state index contributed by atoms with van der Waals surface area (Å²) in [7, 11) is 0. The number of aliphatic hydroxyl groups is 6. The van der Waals surface area contributed by atoms with Crippen LogP contribution in [-0.2, 0) is 0 Å². The molecule has 0 aromatic carbocycles. The van der Waals surface area contributed by atoms with Crippen LogP contribution in [0, 0.1) is 0 Å². The predicted molar refractivity (Wildman–Crippen MR) is 60.0 cm³/mol. The van der Waals surface area contributed by atoms with Gasteiger partial charge in [0.15, 0.2) is 0 Å². The topological polar surface area (TPSA) is 121 Å². The minimum atomic E-state index is -0.125. The number of hydrogen-bond donors (Lipinski definition) is 6. The van der Waals surface area contributed by atoms with Gasteiger partial charge in [-0.3, -0.25) is 0 Å². The summed E-state index contributed by atoms with van der Waals surface area (Å²) < 4.78 is 0. The summed E-state index contributed by atoms with van der Waals surface area (Å²) in [5, 5.41) is 45.8. The van der Waals surface area contributed by atoms with Gasteiger partial charge in [-0.25, -0.2) is 0 Å². The van der Waals surface area contributed by atoms with E-state index < -0.39 is 0 Å². The van der Waals surface area contributed by atoms with Crippen molar-refractivity contribution in [3.05, 3.63) is 0 Å². The predicted octanol–water partition coefficient (Wildman–Crippen LogP) is -2.30. The summed E-state index contributed by atoms with van der Waals surface area (Å²) >= 11 is 0.470. The number of aliphatic hydroxyl groups excluding tert-OH is 6. The summed E-state index contributed by atoms with van der Waals surface area (Å²) in [4.78, 5) is 4.51. The maximum atomic E-state index is 7.62. The molecule has 0 aliphatic carbocycles. The Hall–Kier alpha value is 0.550. The average molecular weight is 344 g/mol. The Morgan fingerprint density at radius 3 is 0.600 bits per heavy atom. The molecule has 0 atom stereocenters. The van der Waals surface area contributed by atoms with Gasteiger partial charge < -0.3 is 30.6 Å². The second-order valence-corrected chi connectivity index (χ2v) is 4.08. The van der Waals surface area contributed by atoms with E-state index in [0.29, 0.717) is 20.9 Å². The van der Waals surface area contributed by atoms with E-state index in [0.717, 1.165) is 0 Å². The van der Waals surface area contributed by atoms with Gasteiger partial charge in [-0.05, 0) is 0 Å². The van der Waals surface area contributed by atoms with Crippen LogP contribution in [0.15, 0.2) is 0 Å². The molecule has 0 amide bonds. The zero-order valence-electron chi connectivity index (χ0n) is 9.33. The van der Waals surface area contributed by atoms with Crippen molar-refractivity contribution >= 4 is 20.9 Å². The Morgan fingerprint density at radius 2 is 0.600 bits per heavy atom. The van der Waals surface area contributed by atoms with Crippen molar-refractivity contribution in [2.24, 2.45) is 0 Å². The molecule has 0 unspecified atom stereocenters. The van der Waals surface area contributed by atoms with Gasteiger partial charge in [0.05, 0.1) is 39.6 Å². The SMILES string of the molecule is C[Te]C.OCCO.OCCO.OCCO. The first-order chi connectivity index (χ1) is 7.16. The first-order valence-corrected chi connectivity index (χ1v) is 8.87. The fourth-order valence-corrected chi connectivity index (χ4v) is 0. The molecule has 0 spiro atoms. The molecule has 0 aliphatic heterocycles. The van der Waals surface area contributed by atoms with Gasteiger partial charge in [0.25, 0.3) is 0 Å². The normalized spacial score (nSPS) is 7.20. The minimum absolute atomic E-state index is 0.125. The molecule has 0 aromatic heterocycles. The van der Waals surface area contributed by atoms with Crippen molar-refractivity contribution in [1.82, 2.24) is 0 Å². The Labute approximate surface area is 101 Å². The van der Waals surface area contributed by atoms with Crippen molar-refractivity contribution in [3.8, 4) is 0 Å². The maximum Gasteiger partial charge on any atom is 0.0662 e. The van der Waals surface area contributed by atoms with Gasteiger partial charge in [-0.15, -0.1) is 0 Å². The Balaban J connectivity index is -0.0000000542. The van der Waals surface area contributed by atoms with Gasteiger partial charge in [0, 0.05) is 0 Å². The van der Waals surface area contributed by atoms with E-state index in [4.69, 9.17) is 30.6 Å². The van der Waals surface area contributed by atoms with Crippen LogP contribution in [0.2, 0.25) is 9.94 Å². The molecule has 0 saturated carbocycles. The van der Waals surface area contributed by atoms with Crippen LogP contribution in [-0.4, -0.2) is 91.2 Å². The molecule has 0 bridgehead atoms. The first-order valence-electron chi connectivity index (χ1n) is 4.21. The molecule has 98 valence electrons. The molecule has 7 heteroatoms. The van der Waals surface area contributed by atoms with Crippen LogP contribution < -0.4 is 0 Å². The molecule has 0 saturated heterocycles. The van der Waals surface area contributed by atoms with Crippen molar-refractivity contribution in [2.45, 2.75) is 9.94 Å². The van der Waals surface area contributed by atoms with Crippen molar-refractivity contribution in [2.75, 3.05) is 39.6 Å². The first kappa shape index (κ1) is 24.7. The molecule has 0 fully saturated rings. The van der Waals surface area contributed by atoms with Crippen LogP contribution in [0.3, 0.4) is 0 Å². The summed E-state index contributed by atoms with van der Waals surface area (Å²) in [5.41, 5.74) is 0. The molecule has 0 radical (unpaired) electrons. The number of rotatable bonds is 3. The summed E-state index contributed by atoms with van der Waals surface area (Å²) in [6, 6.07) is 0. The fraction of sp³-hybridized carbons (Fsp3) is 1.00. The number of hydrogen-bond acceptors (Lipinski definition) is 6. The van der Waals surface area contributed by atoms with Crippen LogP contribution in [0.4, 0.5) is 0 Å². The second-order valence-electron chi connectivity index (χ2n) is 1.75. The molecule has 0 heterocycles. The van der Waals surface area contributed by atoms with Gasteiger partial charge in [0.1, 0.15) is 0 Å². The van der Waals surface area contributed by atoms with Crippen LogP contribution in [0.5, 0.6) is 0 Å². The Kier molecular flexibility index (Phi) is 77.1. The standard InChI is InChI=1S/3C2H6O2.C2H6Te/c3*3-1-2-4;1-3-2/h3*3-4H,1-2H2;1-2H3. The van der Waals surface area contributed by atoms with Crippen LogP contribution >= 0.6 is 0 Å². The van der Waals surface area contributed by atoms with E-state index in [1.54, 1.807) is 0 Å². The van der Waals surface area contributed by atoms with Crippen molar-refractivity contribution in [1.29, 1.82) is 0 Å². The third-order valence-corrected chi connectivity index (χ3v) is 0.300. The average Bonchev–Trinajstić information content (AvgIpc) is 2.30. The monoisotopic (exact) mass is 346 g/mol. The summed E-state index contributed by atoms with van der Waals surface area (Å²) in [6.07, 6.45) is 0. The van der Waals surface area contributed by atoms with Gasteiger partial charge in [-0.1, -0.05) is 0 Å². The smallest absolute Gasteiger partial charge is 0.0662 e. The van der Waals surface area contributed by atoms with E-state index >= 15 is 0 Å². The summed E-state index contributed by atoms with van der Waals surface area (Å²) in [6.45, 7) is -0.750. The zero-order valence-corrected chi connectivity index (χ0v) is 11.7. The quantitative estimate of drug-likeness (QED) is 0.321.